The minimum Gasteiger partial charge on any atom is -0.493 e. The second kappa shape index (κ2) is 9.68. The SMILES string of the molecule is CCc1cccc(C)c1NC(=S)N/N=C\c1ccc(OC(C)=O)c(OC)c1. The van der Waals surface area contributed by atoms with Gasteiger partial charge in [0, 0.05) is 12.6 Å². The molecule has 0 spiro atoms. The molecular weight excluding hydrogens is 362 g/mol. The predicted molar refractivity (Wildman–Crippen MR) is 112 cm³/mol. The van der Waals surface area contributed by atoms with Gasteiger partial charge in [-0.2, -0.15) is 5.10 Å². The number of anilines is 1. The quantitative estimate of drug-likeness (QED) is 0.259. The van der Waals surface area contributed by atoms with E-state index in [2.05, 4.69) is 28.8 Å². The van der Waals surface area contributed by atoms with E-state index in [1.807, 2.05) is 19.1 Å². The van der Waals surface area contributed by atoms with Gasteiger partial charge in [0.25, 0.3) is 0 Å². The maximum absolute atomic E-state index is 11.1. The fourth-order valence-electron chi connectivity index (χ4n) is 2.51. The predicted octanol–water partition coefficient (Wildman–Crippen LogP) is 3.81. The van der Waals surface area contributed by atoms with Crippen molar-refractivity contribution in [2.45, 2.75) is 27.2 Å². The first kappa shape index (κ1) is 20.4. The maximum Gasteiger partial charge on any atom is 0.308 e. The van der Waals surface area contributed by atoms with Crippen LogP contribution in [0.2, 0.25) is 0 Å². The number of methoxy groups -OCH3 is 1. The highest BCUT2D eigenvalue weighted by Crippen LogP contribution is 2.27. The molecule has 2 N–H and O–H groups in total. The molecule has 0 bridgehead atoms. The number of benzene rings is 2. The van der Waals surface area contributed by atoms with Crippen LogP contribution >= 0.6 is 12.2 Å². The van der Waals surface area contributed by atoms with E-state index >= 15 is 0 Å². The average molecular weight is 385 g/mol. The molecule has 0 heterocycles. The van der Waals surface area contributed by atoms with Crippen LogP contribution in [0.25, 0.3) is 0 Å². The molecule has 0 aromatic heterocycles. The topological polar surface area (TPSA) is 72.0 Å². The van der Waals surface area contributed by atoms with Gasteiger partial charge in [-0.25, -0.2) is 0 Å². The molecule has 0 aliphatic rings. The summed E-state index contributed by atoms with van der Waals surface area (Å²) in [6.07, 6.45) is 2.51. The number of hydrogen-bond acceptors (Lipinski definition) is 5. The number of nitrogens with zero attached hydrogens (tertiary/aromatic N) is 1. The van der Waals surface area contributed by atoms with Crippen molar-refractivity contribution in [1.82, 2.24) is 5.43 Å². The first-order chi connectivity index (χ1) is 12.9. The Kier molecular flexibility index (Phi) is 7.31. The molecular formula is C20H23N3O3S. The van der Waals surface area contributed by atoms with E-state index in [0.29, 0.717) is 16.6 Å². The van der Waals surface area contributed by atoms with Gasteiger partial charge in [-0.05, 0) is 60.5 Å². The highest BCUT2D eigenvalue weighted by molar-refractivity contribution is 7.80. The van der Waals surface area contributed by atoms with Gasteiger partial charge in [0.1, 0.15) is 0 Å². The largest absolute Gasteiger partial charge is 0.493 e. The van der Waals surface area contributed by atoms with Crippen molar-refractivity contribution in [2.75, 3.05) is 12.4 Å². The van der Waals surface area contributed by atoms with E-state index in [9.17, 15) is 4.79 Å². The van der Waals surface area contributed by atoms with Gasteiger partial charge in [-0.1, -0.05) is 25.1 Å². The highest BCUT2D eigenvalue weighted by atomic mass is 32.1. The van der Waals surface area contributed by atoms with Crippen molar-refractivity contribution < 1.29 is 14.3 Å². The molecule has 6 nitrogen and oxygen atoms in total. The van der Waals surface area contributed by atoms with Gasteiger partial charge in [0.15, 0.2) is 16.6 Å². The van der Waals surface area contributed by atoms with Crippen molar-refractivity contribution in [2.24, 2.45) is 5.10 Å². The van der Waals surface area contributed by atoms with Crippen molar-refractivity contribution in [3.05, 3.63) is 53.1 Å². The summed E-state index contributed by atoms with van der Waals surface area (Å²) in [5.41, 5.74) is 6.88. The Morgan fingerprint density at radius 1 is 1.26 bits per heavy atom. The molecule has 0 aliphatic heterocycles. The summed E-state index contributed by atoms with van der Waals surface area (Å²) in [6.45, 7) is 5.47. The first-order valence-electron chi connectivity index (χ1n) is 8.49. The number of esters is 1. The van der Waals surface area contributed by atoms with Crippen LogP contribution in [-0.2, 0) is 11.2 Å². The lowest BCUT2D eigenvalue weighted by molar-refractivity contribution is -0.132. The third kappa shape index (κ3) is 5.79. The Morgan fingerprint density at radius 3 is 2.70 bits per heavy atom. The molecule has 0 unspecified atom stereocenters. The van der Waals surface area contributed by atoms with Gasteiger partial charge in [0.2, 0.25) is 0 Å². The first-order valence-corrected chi connectivity index (χ1v) is 8.90. The molecule has 2 aromatic carbocycles. The Morgan fingerprint density at radius 2 is 2.04 bits per heavy atom. The second-order valence-electron chi connectivity index (χ2n) is 5.79. The van der Waals surface area contributed by atoms with Gasteiger partial charge in [-0.15, -0.1) is 0 Å². The van der Waals surface area contributed by atoms with E-state index in [4.69, 9.17) is 21.7 Å². The van der Waals surface area contributed by atoms with Crippen molar-refractivity contribution >= 4 is 35.2 Å². The van der Waals surface area contributed by atoms with Crippen LogP contribution in [0.1, 0.15) is 30.5 Å². The molecule has 2 rings (SSSR count). The van der Waals surface area contributed by atoms with Crippen LogP contribution in [0.4, 0.5) is 5.69 Å². The minimum absolute atomic E-state index is 0.360. The highest BCUT2D eigenvalue weighted by Gasteiger charge is 2.08. The lowest BCUT2D eigenvalue weighted by atomic mass is 10.1. The zero-order valence-corrected chi connectivity index (χ0v) is 16.6. The minimum atomic E-state index is -0.407. The average Bonchev–Trinajstić information content (AvgIpc) is 2.64. The molecule has 0 saturated carbocycles. The van der Waals surface area contributed by atoms with Gasteiger partial charge < -0.3 is 14.8 Å². The molecule has 0 radical (unpaired) electrons. The Balaban J connectivity index is 2.03. The van der Waals surface area contributed by atoms with Crippen LogP contribution in [0.3, 0.4) is 0 Å². The number of carbonyl (C=O) groups excluding carboxylic acids is 1. The zero-order valence-electron chi connectivity index (χ0n) is 15.8. The van der Waals surface area contributed by atoms with Gasteiger partial charge in [0.05, 0.1) is 13.3 Å². The molecule has 27 heavy (non-hydrogen) atoms. The summed E-state index contributed by atoms with van der Waals surface area (Å²) in [4.78, 5) is 11.1. The summed E-state index contributed by atoms with van der Waals surface area (Å²) in [6, 6.07) is 11.3. The monoisotopic (exact) mass is 385 g/mol. The lowest BCUT2D eigenvalue weighted by Gasteiger charge is -2.14. The summed E-state index contributed by atoms with van der Waals surface area (Å²) in [5.74, 6) is 0.400. The molecule has 142 valence electrons. The number of hydrazone groups is 1. The van der Waals surface area contributed by atoms with E-state index in [-0.39, 0.29) is 0 Å². The third-order valence-electron chi connectivity index (χ3n) is 3.80. The smallest absolute Gasteiger partial charge is 0.308 e. The van der Waals surface area contributed by atoms with Gasteiger partial charge in [-0.3, -0.25) is 10.2 Å². The van der Waals surface area contributed by atoms with E-state index in [1.54, 1.807) is 24.4 Å². The summed E-state index contributed by atoms with van der Waals surface area (Å²) in [5, 5.41) is 7.74. The van der Waals surface area contributed by atoms with Gasteiger partial charge >= 0.3 is 5.97 Å². The standard InChI is InChI=1S/C20H23N3O3S/c1-5-16-8-6-7-13(2)19(16)22-20(27)23-21-12-15-9-10-17(26-14(3)24)18(11-15)25-4/h6-12H,5H2,1-4H3,(H2,22,23,27)/b21-12-. The maximum atomic E-state index is 11.1. The number of carbonyl (C=O) groups is 1. The van der Waals surface area contributed by atoms with Crippen molar-refractivity contribution in [1.29, 1.82) is 0 Å². The number of para-hydroxylation sites is 1. The normalized spacial score (nSPS) is 10.5. The fraction of sp³-hybridized carbons (Fsp3) is 0.250. The second-order valence-corrected chi connectivity index (χ2v) is 6.20. The number of nitrogens with one attached hydrogen (secondary N) is 2. The van der Waals surface area contributed by atoms with Crippen LogP contribution in [0, 0.1) is 6.92 Å². The number of aryl methyl sites for hydroxylation is 2. The van der Waals surface area contributed by atoms with Crippen molar-refractivity contribution in [3.63, 3.8) is 0 Å². The molecule has 0 atom stereocenters. The van der Waals surface area contributed by atoms with Crippen LogP contribution in [0.15, 0.2) is 41.5 Å². The number of thiocarbonyl (C=S) groups is 1. The lowest BCUT2D eigenvalue weighted by Crippen LogP contribution is -2.25. The van der Waals surface area contributed by atoms with Crippen LogP contribution in [0.5, 0.6) is 11.5 Å². The molecule has 0 aliphatic carbocycles. The molecule has 2 aromatic rings. The van der Waals surface area contributed by atoms with E-state index in [0.717, 1.165) is 23.2 Å². The van der Waals surface area contributed by atoms with Crippen LogP contribution < -0.4 is 20.2 Å². The van der Waals surface area contributed by atoms with E-state index < -0.39 is 5.97 Å². The summed E-state index contributed by atoms with van der Waals surface area (Å²) >= 11 is 5.32. The van der Waals surface area contributed by atoms with Crippen molar-refractivity contribution in [3.8, 4) is 11.5 Å². The Labute approximate surface area is 164 Å². The van der Waals surface area contributed by atoms with E-state index in [1.165, 1.54) is 19.6 Å². The molecule has 0 amide bonds. The summed E-state index contributed by atoms with van der Waals surface area (Å²) in [7, 11) is 1.51. The Bertz CT molecular complexity index is 866. The molecule has 0 saturated heterocycles. The fourth-order valence-corrected chi connectivity index (χ4v) is 2.67. The summed E-state index contributed by atoms with van der Waals surface area (Å²) < 4.78 is 10.3. The number of rotatable bonds is 6. The third-order valence-corrected chi connectivity index (χ3v) is 3.99. The number of hydrogen-bond donors (Lipinski definition) is 2. The molecule has 0 fully saturated rings. The zero-order chi connectivity index (χ0) is 19.8. The molecule has 7 heteroatoms. The Hall–Kier alpha value is -2.93. The number of ether oxygens (including phenoxy) is 2. The van der Waals surface area contributed by atoms with Crippen LogP contribution in [-0.4, -0.2) is 24.4 Å².